The Balaban J connectivity index is 2.24. The average Bonchev–Trinajstić information content (AvgIpc) is 2.35. The van der Waals surface area contributed by atoms with Crippen molar-refractivity contribution in [3.05, 3.63) is 33.3 Å². The largest absolute Gasteiger partial charge is 0.376 e. The third-order valence-electron chi connectivity index (χ3n) is 3.25. The normalized spacial score (nSPS) is 23.0. The van der Waals surface area contributed by atoms with Crippen LogP contribution in [0.4, 0.5) is 0 Å². The molecule has 0 spiro atoms. The highest BCUT2D eigenvalue weighted by Crippen LogP contribution is 2.30. The molecule has 0 radical (unpaired) electrons. The van der Waals surface area contributed by atoms with Crippen molar-refractivity contribution >= 4 is 27.5 Å². The fraction of sp³-hybridized carbons (Fsp3) is 0.538. The fourth-order valence-corrected chi connectivity index (χ4v) is 3.06. The molecule has 100 valence electrons. The van der Waals surface area contributed by atoms with Gasteiger partial charge in [0.2, 0.25) is 0 Å². The van der Waals surface area contributed by atoms with Crippen LogP contribution in [0.1, 0.15) is 18.5 Å². The minimum absolute atomic E-state index is 0.185. The molecule has 18 heavy (non-hydrogen) atoms. The lowest BCUT2D eigenvalue weighted by molar-refractivity contribution is -0.0333. The lowest BCUT2D eigenvalue weighted by Crippen LogP contribution is -2.45. The van der Waals surface area contributed by atoms with Gasteiger partial charge in [-0.25, -0.2) is 0 Å². The van der Waals surface area contributed by atoms with Crippen LogP contribution >= 0.6 is 27.5 Å². The molecule has 1 heterocycles. The molecule has 1 aliphatic heterocycles. The molecule has 3 nitrogen and oxygen atoms in total. The molecule has 1 saturated heterocycles. The van der Waals surface area contributed by atoms with Crippen LogP contribution in [0.25, 0.3) is 0 Å². The second kappa shape index (κ2) is 6.35. The number of ether oxygens (including phenoxy) is 1. The van der Waals surface area contributed by atoms with Crippen LogP contribution in [-0.2, 0) is 4.74 Å². The summed E-state index contributed by atoms with van der Waals surface area (Å²) in [7, 11) is 0. The predicted octanol–water partition coefficient (Wildman–Crippen LogP) is 2.82. The van der Waals surface area contributed by atoms with Crippen molar-refractivity contribution < 1.29 is 4.74 Å². The van der Waals surface area contributed by atoms with Gasteiger partial charge < -0.3 is 10.5 Å². The molecule has 0 aliphatic carbocycles. The summed E-state index contributed by atoms with van der Waals surface area (Å²) in [6.45, 7) is 5.24. The van der Waals surface area contributed by atoms with Crippen molar-refractivity contribution in [3.8, 4) is 0 Å². The maximum atomic E-state index is 6.08. The molecule has 2 rings (SSSR count). The van der Waals surface area contributed by atoms with Gasteiger partial charge in [0.15, 0.2) is 0 Å². The first-order valence-electron chi connectivity index (χ1n) is 6.12. The van der Waals surface area contributed by atoms with Gasteiger partial charge in [-0.3, -0.25) is 4.90 Å². The van der Waals surface area contributed by atoms with Gasteiger partial charge >= 0.3 is 0 Å². The van der Waals surface area contributed by atoms with Gasteiger partial charge in [-0.05, 0) is 30.7 Å². The summed E-state index contributed by atoms with van der Waals surface area (Å²) in [6, 6.07) is 6.03. The van der Waals surface area contributed by atoms with Crippen molar-refractivity contribution in [1.82, 2.24) is 4.90 Å². The Hall–Kier alpha value is -0.130. The van der Waals surface area contributed by atoms with E-state index in [9.17, 15) is 0 Å². The van der Waals surface area contributed by atoms with Crippen LogP contribution in [0.5, 0.6) is 0 Å². The van der Waals surface area contributed by atoms with E-state index in [1.54, 1.807) is 0 Å². The molecule has 0 aromatic heterocycles. The number of nitrogens with two attached hydrogens (primary N) is 1. The van der Waals surface area contributed by atoms with Crippen LogP contribution in [0.15, 0.2) is 22.7 Å². The van der Waals surface area contributed by atoms with Gasteiger partial charge in [-0.15, -0.1) is 0 Å². The van der Waals surface area contributed by atoms with Gasteiger partial charge in [-0.2, -0.15) is 0 Å². The summed E-state index contributed by atoms with van der Waals surface area (Å²) in [4.78, 5) is 2.37. The van der Waals surface area contributed by atoms with E-state index in [4.69, 9.17) is 22.1 Å². The maximum absolute atomic E-state index is 6.08. The minimum atomic E-state index is 0.185. The summed E-state index contributed by atoms with van der Waals surface area (Å²) in [5.41, 5.74) is 7.11. The molecule has 1 aliphatic rings. The zero-order valence-corrected chi connectivity index (χ0v) is 12.7. The Labute approximate surface area is 121 Å². The van der Waals surface area contributed by atoms with E-state index < -0.39 is 0 Å². The Morgan fingerprint density at radius 3 is 3.06 bits per heavy atom. The number of morpholine rings is 1. The van der Waals surface area contributed by atoms with Gasteiger partial charge in [0.25, 0.3) is 0 Å². The molecule has 2 N–H and O–H groups in total. The maximum Gasteiger partial charge on any atom is 0.0674 e. The summed E-state index contributed by atoms with van der Waals surface area (Å²) >= 11 is 9.66. The van der Waals surface area contributed by atoms with Crippen molar-refractivity contribution in [2.75, 3.05) is 26.2 Å². The van der Waals surface area contributed by atoms with E-state index >= 15 is 0 Å². The molecule has 2 unspecified atom stereocenters. The van der Waals surface area contributed by atoms with E-state index in [1.807, 2.05) is 18.2 Å². The minimum Gasteiger partial charge on any atom is -0.376 e. The van der Waals surface area contributed by atoms with Gasteiger partial charge in [0, 0.05) is 35.2 Å². The molecule has 0 saturated carbocycles. The van der Waals surface area contributed by atoms with Crippen molar-refractivity contribution in [2.24, 2.45) is 5.73 Å². The summed E-state index contributed by atoms with van der Waals surface area (Å²) in [6.07, 6.45) is 0.255. The Morgan fingerprint density at radius 2 is 2.39 bits per heavy atom. The van der Waals surface area contributed by atoms with Crippen molar-refractivity contribution in [3.63, 3.8) is 0 Å². The van der Waals surface area contributed by atoms with E-state index in [2.05, 4.69) is 27.8 Å². The summed E-state index contributed by atoms with van der Waals surface area (Å²) in [5.74, 6) is 0. The van der Waals surface area contributed by atoms with Crippen LogP contribution in [0.2, 0.25) is 5.02 Å². The number of halogens is 2. The molecule has 1 aromatic rings. The van der Waals surface area contributed by atoms with Gasteiger partial charge in [-0.1, -0.05) is 27.5 Å². The van der Waals surface area contributed by atoms with Crippen molar-refractivity contribution in [2.45, 2.75) is 19.1 Å². The molecule has 1 fully saturated rings. The van der Waals surface area contributed by atoms with Crippen molar-refractivity contribution in [1.29, 1.82) is 0 Å². The van der Waals surface area contributed by atoms with E-state index in [0.717, 1.165) is 34.8 Å². The van der Waals surface area contributed by atoms with E-state index in [0.29, 0.717) is 6.54 Å². The van der Waals surface area contributed by atoms with Gasteiger partial charge in [0.1, 0.15) is 0 Å². The van der Waals surface area contributed by atoms with Crippen LogP contribution < -0.4 is 5.73 Å². The number of hydrogen-bond donors (Lipinski definition) is 1. The van der Waals surface area contributed by atoms with E-state index in [-0.39, 0.29) is 12.1 Å². The number of hydrogen-bond acceptors (Lipinski definition) is 3. The first kappa shape index (κ1) is 14.3. The van der Waals surface area contributed by atoms with E-state index in [1.165, 1.54) is 0 Å². The number of benzene rings is 1. The highest BCUT2D eigenvalue weighted by molar-refractivity contribution is 9.10. The third kappa shape index (κ3) is 3.25. The summed E-state index contributed by atoms with van der Waals surface area (Å²) in [5, 5.41) is 0.743. The fourth-order valence-electron chi connectivity index (χ4n) is 2.37. The zero-order chi connectivity index (χ0) is 13.1. The molecule has 0 bridgehead atoms. The molecule has 1 aromatic carbocycles. The van der Waals surface area contributed by atoms with Gasteiger partial charge in [0.05, 0.1) is 12.7 Å². The molecule has 0 amide bonds. The molecule has 2 atom stereocenters. The Morgan fingerprint density at radius 1 is 1.61 bits per heavy atom. The van der Waals surface area contributed by atoms with Crippen LogP contribution in [0.3, 0.4) is 0 Å². The average molecular weight is 334 g/mol. The standard InChI is InChI=1S/C13H18BrClN2O/c1-9-8-17(4-5-18-9)13(7-16)11-6-10(15)2-3-12(11)14/h2-3,6,9,13H,4-5,7-8,16H2,1H3. The predicted molar refractivity (Wildman–Crippen MR) is 77.9 cm³/mol. The highest BCUT2D eigenvalue weighted by Gasteiger charge is 2.25. The number of rotatable bonds is 3. The smallest absolute Gasteiger partial charge is 0.0674 e. The van der Waals surface area contributed by atoms with Crippen LogP contribution in [0, 0.1) is 0 Å². The summed E-state index contributed by atoms with van der Waals surface area (Å²) < 4.78 is 6.63. The highest BCUT2D eigenvalue weighted by atomic mass is 79.9. The second-order valence-corrected chi connectivity index (χ2v) is 5.88. The lowest BCUT2D eigenvalue weighted by Gasteiger charge is -2.37. The SMILES string of the molecule is CC1CN(C(CN)c2cc(Cl)ccc2Br)CCO1. The zero-order valence-electron chi connectivity index (χ0n) is 10.4. The second-order valence-electron chi connectivity index (χ2n) is 4.59. The first-order chi connectivity index (χ1) is 8.61. The first-order valence-corrected chi connectivity index (χ1v) is 7.29. The molecular weight excluding hydrogens is 316 g/mol. The quantitative estimate of drug-likeness (QED) is 0.924. The Bertz CT molecular complexity index is 416. The number of nitrogens with zero attached hydrogens (tertiary/aromatic N) is 1. The lowest BCUT2D eigenvalue weighted by atomic mass is 10.0. The molecule has 5 heteroatoms. The van der Waals surface area contributed by atoms with Crippen LogP contribution in [-0.4, -0.2) is 37.2 Å². The monoisotopic (exact) mass is 332 g/mol. The third-order valence-corrected chi connectivity index (χ3v) is 4.21. The molecular formula is C13H18BrClN2O. The Kier molecular flexibility index (Phi) is 5.04. The topological polar surface area (TPSA) is 38.5 Å².